The fourth-order valence-electron chi connectivity index (χ4n) is 7.93. The van der Waals surface area contributed by atoms with Crippen molar-refractivity contribution in [3.05, 3.63) is 0 Å². The average Bonchev–Trinajstić information content (AvgIpc) is 3.19. The van der Waals surface area contributed by atoms with Gasteiger partial charge in [-0.05, 0) is 77.0 Å². The summed E-state index contributed by atoms with van der Waals surface area (Å²) in [5.74, 6) is 0. The molecule has 338 valence electrons. The highest BCUT2D eigenvalue weighted by Crippen LogP contribution is 2.63. The smallest absolute Gasteiger partial charge is 0.0594 e. The molecule has 0 aromatic heterocycles. The first-order valence-electron chi connectivity index (χ1n) is 24.8. The van der Waals surface area contributed by atoms with Crippen molar-refractivity contribution in [1.29, 1.82) is 0 Å². The first-order valence-corrected chi connectivity index (χ1v) is 33.5. The van der Waals surface area contributed by atoms with E-state index in [1.54, 1.807) is 73.9 Å². The molecule has 7 heteroatoms. The van der Waals surface area contributed by atoms with Crippen LogP contribution < -0.4 is 14.7 Å². The van der Waals surface area contributed by atoms with Gasteiger partial charge in [-0.2, -0.15) is 0 Å². The van der Waals surface area contributed by atoms with Crippen molar-refractivity contribution in [2.24, 2.45) is 0 Å². The SMILES string of the molecule is CCCC[P+](CCCC)(CCCC)CCCC.CCCC[P+](CCCC)(CCCC)CCCC.CCCC[P+](CCCC)(CCCC)CCCC.[O-]P([O-])[O-]. The summed E-state index contributed by atoms with van der Waals surface area (Å²) in [6.07, 6.45) is 53.8. The van der Waals surface area contributed by atoms with E-state index in [2.05, 4.69) is 83.1 Å². The highest BCUT2D eigenvalue weighted by atomic mass is 31.2. The molecule has 0 saturated heterocycles. The summed E-state index contributed by atoms with van der Waals surface area (Å²) in [6.45, 7) is 28.3. The van der Waals surface area contributed by atoms with Crippen LogP contribution >= 0.6 is 30.4 Å². The van der Waals surface area contributed by atoms with Crippen LogP contribution in [0.1, 0.15) is 237 Å². The van der Waals surface area contributed by atoms with Crippen molar-refractivity contribution in [3.8, 4) is 0 Å². The minimum absolute atomic E-state index is 0.562. The third-order valence-corrected chi connectivity index (χ3v) is 27.0. The van der Waals surface area contributed by atoms with Crippen molar-refractivity contribution < 1.29 is 14.7 Å². The molecular weight excluding hydrogens is 748 g/mol. The number of hydrogen-bond acceptors (Lipinski definition) is 3. The molecule has 0 aromatic carbocycles. The van der Waals surface area contributed by atoms with E-state index in [0.29, 0.717) is 0 Å². The summed E-state index contributed by atoms with van der Waals surface area (Å²) in [4.78, 5) is 25.4. The maximum atomic E-state index is 8.48. The van der Waals surface area contributed by atoms with E-state index in [4.69, 9.17) is 14.7 Å². The first-order chi connectivity index (χ1) is 26.5. The van der Waals surface area contributed by atoms with Crippen LogP contribution in [0, 0.1) is 0 Å². The van der Waals surface area contributed by atoms with Gasteiger partial charge in [0, 0.05) is 21.8 Å². The summed E-state index contributed by atoms with van der Waals surface area (Å²) >= 11 is 0. The lowest BCUT2D eigenvalue weighted by Gasteiger charge is -2.39. The maximum absolute atomic E-state index is 8.48. The molecule has 0 aromatic rings. The second kappa shape index (κ2) is 48.3. The molecule has 3 nitrogen and oxygen atoms in total. The summed E-state index contributed by atoms with van der Waals surface area (Å²) in [6, 6.07) is 0. The molecule has 0 aliphatic heterocycles. The van der Waals surface area contributed by atoms with Gasteiger partial charge in [0.2, 0.25) is 0 Å². The Morgan fingerprint density at radius 1 is 0.218 bits per heavy atom. The van der Waals surface area contributed by atoms with E-state index in [0.717, 1.165) is 0 Å². The Balaban J connectivity index is -0.000000337. The van der Waals surface area contributed by atoms with Crippen molar-refractivity contribution in [2.45, 2.75) is 237 Å². The van der Waals surface area contributed by atoms with Gasteiger partial charge in [-0.25, -0.2) is 0 Å². The normalized spacial score (nSPS) is 11.8. The fourth-order valence-corrected chi connectivity index (χ4v) is 23.8. The molecule has 0 unspecified atom stereocenters. The zero-order valence-electron chi connectivity index (χ0n) is 40.5. The monoisotopic (exact) mass is 857 g/mol. The lowest BCUT2D eigenvalue weighted by Crippen LogP contribution is -2.18. The third kappa shape index (κ3) is 42.1. The van der Waals surface area contributed by atoms with Crippen molar-refractivity contribution in [3.63, 3.8) is 0 Å². The molecule has 0 amide bonds. The summed E-state index contributed by atoms with van der Waals surface area (Å²) in [5, 5.41) is 0. The van der Waals surface area contributed by atoms with Crippen LogP contribution in [0.25, 0.3) is 0 Å². The molecule has 0 atom stereocenters. The molecule has 0 aliphatic rings. The number of rotatable bonds is 36. The Hall–Kier alpha value is 1.60. The Morgan fingerprint density at radius 2 is 0.291 bits per heavy atom. The molecule has 0 bridgehead atoms. The maximum Gasteiger partial charge on any atom is 0.0594 e. The second-order valence-corrected chi connectivity index (χ2v) is 31.0. The zero-order valence-corrected chi connectivity index (χ0v) is 44.0. The lowest BCUT2D eigenvalue weighted by molar-refractivity contribution is -0.407. The molecule has 0 spiro atoms. The van der Waals surface area contributed by atoms with Crippen molar-refractivity contribution in [2.75, 3.05) is 73.9 Å². The fraction of sp³-hybridized carbons (Fsp3) is 1.00. The first kappa shape index (κ1) is 63.2. The van der Waals surface area contributed by atoms with E-state index < -0.39 is 30.4 Å². The second-order valence-electron chi connectivity index (χ2n) is 17.2. The quantitative estimate of drug-likeness (QED) is 0.0590. The minimum atomic E-state index is -3.37. The lowest BCUT2D eigenvalue weighted by atomic mass is 10.4. The van der Waals surface area contributed by atoms with Crippen LogP contribution in [0.15, 0.2) is 0 Å². The van der Waals surface area contributed by atoms with E-state index in [1.807, 2.05) is 0 Å². The van der Waals surface area contributed by atoms with E-state index in [1.165, 1.54) is 154 Å². The van der Waals surface area contributed by atoms with Gasteiger partial charge in [0.05, 0.1) is 73.9 Å². The Bertz CT molecular complexity index is 493. The molecule has 0 rings (SSSR count). The predicted octanol–water partition coefficient (Wildman–Crippen LogP) is 15.9. The number of hydrogen-bond donors (Lipinski definition) is 0. The predicted molar refractivity (Wildman–Crippen MR) is 265 cm³/mol. The van der Waals surface area contributed by atoms with Gasteiger partial charge in [0.1, 0.15) is 0 Å². The van der Waals surface area contributed by atoms with Crippen LogP contribution in [0.3, 0.4) is 0 Å². The Morgan fingerprint density at radius 3 is 0.345 bits per heavy atom. The van der Waals surface area contributed by atoms with Gasteiger partial charge in [-0.3, -0.25) is 0 Å². The van der Waals surface area contributed by atoms with Crippen molar-refractivity contribution in [1.82, 2.24) is 0 Å². The molecule has 0 aliphatic carbocycles. The highest BCUT2D eigenvalue weighted by Gasteiger charge is 2.36. The number of unbranched alkanes of at least 4 members (excludes halogenated alkanes) is 12. The van der Waals surface area contributed by atoms with E-state index in [-0.39, 0.29) is 0 Å². The van der Waals surface area contributed by atoms with Crippen LogP contribution in [0.2, 0.25) is 0 Å². The third-order valence-electron chi connectivity index (χ3n) is 11.8. The summed E-state index contributed by atoms with van der Waals surface area (Å²) in [7, 11) is -5.06. The Kier molecular flexibility index (Phi) is 55.5. The topological polar surface area (TPSA) is 69.2 Å². The minimum Gasteiger partial charge on any atom is -0.854 e. The van der Waals surface area contributed by atoms with Gasteiger partial charge in [-0.15, -0.1) is 0 Å². The van der Waals surface area contributed by atoms with Crippen LogP contribution in [0.5, 0.6) is 0 Å². The molecule has 0 fully saturated rings. The van der Waals surface area contributed by atoms with Gasteiger partial charge in [0.15, 0.2) is 0 Å². The van der Waals surface area contributed by atoms with Gasteiger partial charge in [0.25, 0.3) is 0 Å². The largest absolute Gasteiger partial charge is 0.854 e. The molecular formula is C48H108O3P4. The van der Waals surface area contributed by atoms with Crippen LogP contribution in [0.4, 0.5) is 0 Å². The molecule has 0 N–H and O–H groups in total. The molecule has 0 radical (unpaired) electrons. The summed E-state index contributed by atoms with van der Waals surface area (Å²) in [5.41, 5.74) is 0. The summed E-state index contributed by atoms with van der Waals surface area (Å²) < 4.78 is 0. The van der Waals surface area contributed by atoms with E-state index >= 15 is 0 Å². The molecule has 55 heavy (non-hydrogen) atoms. The van der Waals surface area contributed by atoms with Crippen LogP contribution in [-0.2, 0) is 0 Å². The standard InChI is InChI=1S/3C16H36P.O3P/c3*1-5-9-13-17(14-10-6-2,15-11-7-3)16-12-8-4;1-4(2)3/h3*5-16H2,1-4H3;/q3*+1;-3. The highest BCUT2D eigenvalue weighted by molar-refractivity contribution is 7.76. The van der Waals surface area contributed by atoms with Crippen molar-refractivity contribution >= 4 is 30.4 Å². The van der Waals surface area contributed by atoms with Crippen LogP contribution in [-0.4, -0.2) is 73.9 Å². The van der Waals surface area contributed by atoms with Gasteiger partial charge in [-0.1, -0.05) is 160 Å². The van der Waals surface area contributed by atoms with Gasteiger partial charge >= 0.3 is 0 Å². The average molecular weight is 857 g/mol. The zero-order chi connectivity index (χ0) is 42.5. The van der Waals surface area contributed by atoms with E-state index in [9.17, 15) is 0 Å². The molecule has 0 saturated carbocycles. The molecule has 0 heterocycles. The Labute approximate surface area is 354 Å². The van der Waals surface area contributed by atoms with Gasteiger partial charge < -0.3 is 23.3 Å².